The number of hydrogen-bond donors (Lipinski definition) is 1. The normalized spacial score (nSPS) is 11.7. The summed E-state index contributed by atoms with van der Waals surface area (Å²) in [7, 11) is 1.11. The highest BCUT2D eigenvalue weighted by Crippen LogP contribution is 2.38. The molecule has 14 heteroatoms. The van der Waals surface area contributed by atoms with E-state index in [1.807, 2.05) is 37.3 Å². The molecule has 0 radical (unpaired) electrons. The molecule has 11 nitrogen and oxygen atoms in total. The molecule has 2 amide bonds. The predicted octanol–water partition coefficient (Wildman–Crippen LogP) is 6.39. The van der Waals surface area contributed by atoms with Gasteiger partial charge in [0.1, 0.15) is 24.1 Å². The van der Waals surface area contributed by atoms with E-state index in [9.17, 15) is 18.0 Å². The zero-order valence-electron chi connectivity index (χ0n) is 29.0. The molecular formula is C37H41Cl2N3O8S. The van der Waals surface area contributed by atoms with E-state index in [-0.39, 0.29) is 40.1 Å². The first-order valence-electron chi connectivity index (χ1n) is 16.0. The molecule has 4 aromatic rings. The number of carbonyl (C=O) groups excluding carboxylic acids is 2. The van der Waals surface area contributed by atoms with E-state index in [1.54, 1.807) is 24.3 Å². The minimum Gasteiger partial charge on any atom is -0.497 e. The molecule has 272 valence electrons. The van der Waals surface area contributed by atoms with E-state index >= 15 is 0 Å². The van der Waals surface area contributed by atoms with Crippen molar-refractivity contribution in [3.05, 3.63) is 106 Å². The van der Waals surface area contributed by atoms with Gasteiger partial charge in [0.15, 0.2) is 11.5 Å². The number of nitrogens with one attached hydrogen (secondary N) is 1. The third kappa shape index (κ3) is 9.57. The molecular weight excluding hydrogens is 717 g/mol. The highest BCUT2D eigenvalue weighted by molar-refractivity contribution is 7.92. The van der Waals surface area contributed by atoms with Gasteiger partial charge in [0, 0.05) is 41.7 Å². The average molecular weight is 759 g/mol. The van der Waals surface area contributed by atoms with Crippen molar-refractivity contribution in [2.75, 3.05) is 45.8 Å². The van der Waals surface area contributed by atoms with E-state index in [4.69, 9.17) is 42.1 Å². The standard InChI is InChI=1S/C37H41Cl2N3O8S/c1-6-18-40-37(44)32(19-25-10-8-7-9-11-25)41(23-26-12-13-27(38)20-30(26)39)36(43)24-42(31-21-28(47-2)14-16-33(31)48-3)51(45,46)29-15-17-34(49-4)35(22-29)50-5/h7-17,20-22,32H,6,18-19,23-24H2,1-5H3,(H,40,44)/t32-/m0/s1. The first-order valence-corrected chi connectivity index (χ1v) is 18.2. The van der Waals surface area contributed by atoms with Crippen LogP contribution in [0.4, 0.5) is 5.69 Å². The summed E-state index contributed by atoms with van der Waals surface area (Å²) in [5.41, 5.74) is 1.32. The Morgan fingerprint density at radius 2 is 1.49 bits per heavy atom. The van der Waals surface area contributed by atoms with Gasteiger partial charge < -0.3 is 29.2 Å². The lowest BCUT2D eigenvalue weighted by Crippen LogP contribution is -2.53. The second-order valence-electron chi connectivity index (χ2n) is 11.3. The Kier molecular flexibility index (Phi) is 13.8. The van der Waals surface area contributed by atoms with E-state index in [2.05, 4.69) is 5.32 Å². The maximum absolute atomic E-state index is 14.8. The number of methoxy groups -OCH3 is 4. The van der Waals surface area contributed by atoms with Gasteiger partial charge in [0.05, 0.1) is 39.0 Å². The molecule has 0 saturated heterocycles. The van der Waals surface area contributed by atoms with Crippen LogP contribution >= 0.6 is 23.2 Å². The second-order valence-corrected chi connectivity index (χ2v) is 14.0. The van der Waals surface area contributed by atoms with Crippen LogP contribution in [0.2, 0.25) is 10.0 Å². The summed E-state index contributed by atoms with van der Waals surface area (Å²) in [6.45, 7) is 1.42. The fraction of sp³-hybridized carbons (Fsp3) is 0.297. The third-order valence-corrected chi connectivity index (χ3v) is 10.4. The number of hydrogen-bond acceptors (Lipinski definition) is 8. The van der Waals surface area contributed by atoms with Gasteiger partial charge >= 0.3 is 0 Å². The van der Waals surface area contributed by atoms with E-state index in [0.29, 0.717) is 35.1 Å². The summed E-state index contributed by atoms with van der Waals surface area (Å²) >= 11 is 12.8. The number of sulfonamides is 1. The van der Waals surface area contributed by atoms with E-state index < -0.39 is 34.4 Å². The molecule has 0 spiro atoms. The monoisotopic (exact) mass is 757 g/mol. The van der Waals surface area contributed by atoms with Crippen LogP contribution < -0.4 is 28.6 Å². The van der Waals surface area contributed by atoms with Crippen molar-refractivity contribution >= 4 is 50.7 Å². The Hall–Kier alpha value is -4.65. The van der Waals surface area contributed by atoms with Crippen molar-refractivity contribution < 1.29 is 37.0 Å². The van der Waals surface area contributed by atoms with Crippen LogP contribution in [0.1, 0.15) is 24.5 Å². The lowest BCUT2D eigenvalue weighted by atomic mass is 10.0. The molecule has 51 heavy (non-hydrogen) atoms. The largest absolute Gasteiger partial charge is 0.497 e. The van der Waals surface area contributed by atoms with Crippen LogP contribution in [0.15, 0.2) is 89.8 Å². The highest BCUT2D eigenvalue weighted by Gasteiger charge is 2.36. The topological polar surface area (TPSA) is 124 Å². The van der Waals surface area contributed by atoms with Crippen molar-refractivity contribution in [3.8, 4) is 23.0 Å². The van der Waals surface area contributed by atoms with Crippen molar-refractivity contribution in [1.29, 1.82) is 0 Å². The third-order valence-electron chi connectivity index (χ3n) is 8.05. The van der Waals surface area contributed by atoms with Gasteiger partial charge in [-0.05, 0) is 53.9 Å². The number of rotatable bonds is 17. The zero-order chi connectivity index (χ0) is 37.1. The molecule has 0 saturated carbocycles. The highest BCUT2D eigenvalue weighted by atomic mass is 35.5. The zero-order valence-corrected chi connectivity index (χ0v) is 31.3. The number of carbonyl (C=O) groups is 2. The minimum atomic E-state index is -4.53. The smallest absolute Gasteiger partial charge is 0.265 e. The molecule has 1 atom stereocenters. The van der Waals surface area contributed by atoms with Crippen LogP contribution in [0.25, 0.3) is 0 Å². The molecule has 0 bridgehead atoms. The van der Waals surface area contributed by atoms with Gasteiger partial charge in [0.25, 0.3) is 10.0 Å². The van der Waals surface area contributed by atoms with Gasteiger partial charge in [0.2, 0.25) is 11.8 Å². The average Bonchev–Trinajstić information content (AvgIpc) is 3.14. The molecule has 0 aromatic heterocycles. The molecule has 0 aliphatic carbocycles. The van der Waals surface area contributed by atoms with Crippen LogP contribution in [0, 0.1) is 0 Å². The molecule has 0 heterocycles. The maximum Gasteiger partial charge on any atom is 0.265 e. The molecule has 4 rings (SSSR count). The van der Waals surface area contributed by atoms with Crippen molar-refractivity contribution in [2.24, 2.45) is 0 Å². The predicted molar refractivity (Wildman–Crippen MR) is 198 cm³/mol. The molecule has 0 fully saturated rings. The summed E-state index contributed by atoms with van der Waals surface area (Å²) in [4.78, 5) is 29.9. The number of halogens is 2. The Morgan fingerprint density at radius 1 is 0.804 bits per heavy atom. The summed E-state index contributed by atoms with van der Waals surface area (Å²) in [6.07, 6.45) is 0.798. The first-order chi connectivity index (χ1) is 24.5. The van der Waals surface area contributed by atoms with Crippen LogP contribution in [0.3, 0.4) is 0 Å². The number of nitrogens with zero attached hydrogens (tertiary/aromatic N) is 2. The Labute approximate surface area is 309 Å². The molecule has 1 N–H and O–H groups in total. The number of ether oxygens (including phenoxy) is 4. The number of benzene rings is 4. The molecule has 4 aromatic carbocycles. The van der Waals surface area contributed by atoms with Crippen LogP contribution in [-0.2, 0) is 32.6 Å². The fourth-order valence-corrected chi connectivity index (χ4v) is 7.26. The van der Waals surface area contributed by atoms with Crippen LogP contribution in [0.5, 0.6) is 23.0 Å². The fourth-order valence-electron chi connectivity index (χ4n) is 5.36. The quantitative estimate of drug-likeness (QED) is 0.132. The van der Waals surface area contributed by atoms with Crippen LogP contribution in [-0.4, -0.2) is 72.7 Å². The summed E-state index contributed by atoms with van der Waals surface area (Å²) < 4.78 is 52.0. The van der Waals surface area contributed by atoms with Gasteiger partial charge in [-0.2, -0.15) is 0 Å². The van der Waals surface area contributed by atoms with E-state index in [0.717, 1.165) is 9.87 Å². The van der Waals surface area contributed by atoms with Gasteiger partial charge in [-0.15, -0.1) is 0 Å². The summed E-state index contributed by atoms with van der Waals surface area (Å²) in [5.74, 6) is -0.157. The van der Waals surface area contributed by atoms with Crippen molar-refractivity contribution in [2.45, 2.75) is 37.2 Å². The lowest BCUT2D eigenvalue weighted by Gasteiger charge is -2.34. The Balaban J connectivity index is 1.91. The Bertz CT molecular complexity index is 1930. The molecule has 0 aliphatic rings. The summed E-state index contributed by atoms with van der Waals surface area (Å²) in [5, 5.41) is 3.58. The van der Waals surface area contributed by atoms with Crippen molar-refractivity contribution in [1.82, 2.24) is 10.2 Å². The number of anilines is 1. The van der Waals surface area contributed by atoms with Crippen molar-refractivity contribution in [3.63, 3.8) is 0 Å². The summed E-state index contributed by atoms with van der Waals surface area (Å²) in [6, 6.07) is 21.7. The van der Waals surface area contributed by atoms with Gasteiger partial charge in [-0.1, -0.05) is 66.5 Å². The molecule has 0 unspecified atom stereocenters. The van der Waals surface area contributed by atoms with E-state index in [1.165, 1.54) is 63.7 Å². The Morgan fingerprint density at radius 3 is 2.12 bits per heavy atom. The number of amides is 2. The maximum atomic E-state index is 14.8. The molecule has 0 aliphatic heterocycles. The van der Waals surface area contributed by atoms with Gasteiger partial charge in [-0.25, -0.2) is 8.42 Å². The lowest BCUT2D eigenvalue weighted by molar-refractivity contribution is -0.140. The second kappa shape index (κ2) is 18.0. The van der Waals surface area contributed by atoms with Gasteiger partial charge in [-0.3, -0.25) is 13.9 Å². The first kappa shape index (κ1) is 39.1. The minimum absolute atomic E-state index is 0.0273. The SMILES string of the molecule is CCCNC(=O)[C@H](Cc1ccccc1)N(Cc1ccc(Cl)cc1Cl)C(=O)CN(c1cc(OC)ccc1OC)S(=O)(=O)c1ccc(OC)c(OC)c1.